The Labute approximate surface area is 249 Å². The highest BCUT2D eigenvalue weighted by Gasteiger charge is 2.25. The molecule has 43 heavy (non-hydrogen) atoms. The third kappa shape index (κ3) is 6.20. The fourth-order valence-corrected chi connectivity index (χ4v) is 5.07. The van der Waals surface area contributed by atoms with Crippen LogP contribution in [0.4, 0.5) is 0 Å². The van der Waals surface area contributed by atoms with E-state index in [2.05, 4.69) is 48.0 Å². The van der Waals surface area contributed by atoms with Crippen LogP contribution in [0.15, 0.2) is 67.8 Å². The van der Waals surface area contributed by atoms with Crippen LogP contribution in [0.5, 0.6) is 0 Å². The SMILES string of the molecule is CCCc1c(Cc2ccc(-c3ccccc3-c3noc(=O)[nH]3)cc2)c(=O)n(C/C(=N\OCC)C(C)(C)C)c2nc(C)nn12. The molecule has 0 radical (unpaired) electrons. The zero-order chi connectivity index (χ0) is 30.7. The second kappa shape index (κ2) is 12.2. The van der Waals surface area contributed by atoms with Crippen molar-refractivity contribution in [3.05, 3.63) is 92.1 Å². The first-order chi connectivity index (χ1) is 20.6. The number of nitrogens with zero attached hydrogens (tertiary/aromatic N) is 6. The summed E-state index contributed by atoms with van der Waals surface area (Å²) in [5.74, 6) is 0.861. The summed E-state index contributed by atoms with van der Waals surface area (Å²) >= 11 is 0. The van der Waals surface area contributed by atoms with Gasteiger partial charge in [0.15, 0.2) is 5.82 Å². The van der Waals surface area contributed by atoms with Gasteiger partial charge in [-0.05, 0) is 37.0 Å². The molecule has 11 heteroatoms. The highest BCUT2D eigenvalue weighted by atomic mass is 16.6. The molecule has 2 aromatic carbocycles. The average molecular weight is 584 g/mol. The van der Waals surface area contributed by atoms with Crippen LogP contribution < -0.4 is 11.3 Å². The third-order valence-corrected chi connectivity index (χ3v) is 7.28. The molecular weight excluding hydrogens is 546 g/mol. The maximum atomic E-state index is 14.3. The van der Waals surface area contributed by atoms with E-state index in [1.54, 1.807) is 4.57 Å². The number of hydrogen-bond donors (Lipinski definition) is 1. The van der Waals surface area contributed by atoms with Gasteiger partial charge in [-0.25, -0.2) is 9.31 Å². The molecule has 0 aliphatic rings. The number of nitrogens with one attached hydrogen (secondary N) is 1. The lowest BCUT2D eigenvalue weighted by Crippen LogP contribution is -2.35. The maximum Gasteiger partial charge on any atom is 0.439 e. The predicted octanol–water partition coefficient (Wildman–Crippen LogP) is 5.19. The summed E-state index contributed by atoms with van der Waals surface area (Å²) in [5, 5.41) is 12.9. The molecule has 3 heterocycles. The number of aromatic amines is 1. The van der Waals surface area contributed by atoms with Crippen molar-refractivity contribution in [1.82, 2.24) is 29.3 Å². The van der Waals surface area contributed by atoms with Gasteiger partial charge < -0.3 is 4.84 Å². The van der Waals surface area contributed by atoms with Crippen LogP contribution in [0.3, 0.4) is 0 Å². The summed E-state index contributed by atoms with van der Waals surface area (Å²) in [6.45, 7) is 12.6. The van der Waals surface area contributed by atoms with E-state index in [0.717, 1.165) is 40.1 Å². The lowest BCUT2D eigenvalue weighted by molar-refractivity contribution is 0.154. The first-order valence-corrected chi connectivity index (χ1v) is 14.5. The molecule has 0 saturated carbocycles. The minimum atomic E-state index is -0.605. The van der Waals surface area contributed by atoms with Crippen molar-refractivity contribution >= 4 is 11.5 Å². The van der Waals surface area contributed by atoms with E-state index in [1.165, 1.54) is 0 Å². The van der Waals surface area contributed by atoms with E-state index in [0.29, 0.717) is 42.4 Å². The maximum absolute atomic E-state index is 14.3. The zero-order valence-electron chi connectivity index (χ0n) is 25.5. The number of rotatable bonds is 10. The van der Waals surface area contributed by atoms with Crippen molar-refractivity contribution in [3.8, 4) is 22.5 Å². The van der Waals surface area contributed by atoms with Crippen molar-refractivity contribution < 1.29 is 9.36 Å². The molecule has 0 bridgehead atoms. The number of oxime groups is 1. The molecule has 11 nitrogen and oxygen atoms in total. The Bertz CT molecular complexity index is 1890. The summed E-state index contributed by atoms with van der Waals surface area (Å²) in [5.41, 5.74) is 5.42. The van der Waals surface area contributed by atoms with Gasteiger partial charge in [-0.2, -0.15) is 10.1 Å². The molecule has 0 spiro atoms. The minimum absolute atomic E-state index is 0.110. The number of hydrogen-bond acceptors (Lipinski definition) is 8. The molecule has 0 amide bonds. The van der Waals surface area contributed by atoms with Gasteiger partial charge in [0.2, 0.25) is 5.78 Å². The van der Waals surface area contributed by atoms with E-state index in [1.807, 2.05) is 66.9 Å². The summed E-state index contributed by atoms with van der Waals surface area (Å²) < 4.78 is 8.21. The van der Waals surface area contributed by atoms with Gasteiger partial charge in [0.1, 0.15) is 12.4 Å². The van der Waals surface area contributed by atoms with Gasteiger partial charge >= 0.3 is 5.76 Å². The highest BCUT2D eigenvalue weighted by molar-refractivity contribution is 5.89. The molecular formula is C32H37N7O4. The fourth-order valence-electron chi connectivity index (χ4n) is 5.07. The third-order valence-electron chi connectivity index (χ3n) is 7.28. The fraction of sp³-hybridized carbons (Fsp3) is 0.375. The van der Waals surface area contributed by atoms with Gasteiger partial charge in [-0.1, -0.05) is 93.0 Å². The first-order valence-electron chi connectivity index (χ1n) is 14.5. The molecule has 0 aliphatic carbocycles. The van der Waals surface area contributed by atoms with Gasteiger partial charge in [-0.15, -0.1) is 0 Å². The Balaban J connectivity index is 1.57. The number of aromatic nitrogens is 6. The molecule has 0 aliphatic heterocycles. The standard InChI is InChI=1S/C32H37N7O4/c1-7-11-26-25(29(40)38(30-33-20(3)35-39(26)30)19-27(32(4,5)6)36-42-8-2)18-21-14-16-22(17-15-21)23-12-9-10-13-24(23)28-34-31(41)43-37-28/h9-10,12-17H,7-8,11,18-19H2,1-6H3,(H,34,37,41)/b36-27+. The topological polar surface area (TPSA) is 133 Å². The lowest BCUT2D eigenvalue weighted by atomic mass is 9.90. The average Bonchev–Trinajstić information content (AvgIpc) is 3.59. The molecule has 0 atom stereocenters. The molecule has 0 fully saturated rings. The van der Waals surface area contributed by atoms with E-state index >= 15 is 0 Å². The van der Waals surface area contributed by atoms with Crippen LogP contribution in [0.1, 0.15) is 63.7 Å². The number of benzene rings is 2. The summed E-state index contributed by atoms with van der Waals surface area (Å²) in [7, 11) is 0. The Morgan fingerprint density at radius 2 is 1.77 bits per heavy atom. The molecule has 0 saturated heterocycles. The number of fused-ring (bicyclic) bond motifs is 1. The quantitative estimate of drug-likeness (QED) is 0.177. The molecule has 0 unspecified atom stereocenters. The van der Waals surface area contributed by atoms with Crippen molar-refractivity contribution in [3.63, 3.8) is 0 Å². The molecule has 224 valence electrons. The van der Waals surface area contributed by atoms with Crippen molar-refractivity contribution in [2.45, 2.75) is 67.3 Å². The van der Waals surface area contributed by atoms with E-state index in [-0.39, 0.29) is 17.5 Å². The summed E-state index contributed by atoms with van der Waals surface area (Å²) in [4.78, 5) is 38.5. The molecule has 3 aromatic heterocycles. The highest BCUT2D eigenvalue weighted by Crippen LogP contribution is 2.30. The van der Waals surface area contributed by atoms with Crippen LogP contribution in [0.2, 0.25) is 0 Å². The Kier molecular flexibility index (Phi) is 8.43. The second-order valence-electron chi connectivity index (χ2n) is 11.5. The van der Waals surface area contributed by atoms with Crippen LogP contribution in [0.25, 0.3) is 28.3 Å². The van der Waals surface area contributed by atoms with Gasteiger partial charge in [0.25, 0.3) is 5.56 Å². The first kappa shape index (κ1) is 29.7. The Morgan fingerprint density at radius 1 is 1.05 bits per heavy atom. The van der Waals surface area contributed by atoms with Crippen molar-refractivity contribution in [1.29, 1.82) is 0 Å². The number of H-pyrrole nitrogens is 1. The molecule has 1 N–H and O–H groups in total. The van der Waals surface area contributed by atoms with Crippen LogP contribution in [-0.2, 0) is 24.2 Å². The normalized spacial score (nSPS) is 12.3. The van der Waals surface area contributed by atoms with Crippen LogP contribution in [-0.4, -0.2) is 41.6 Å². The lowest BCUT2D eigenvalue weighted by Gasteiger charge is -2.23. The predicted molar refractivity (Wildman–Crippen MR) is 165 cm³/mol. The molecule has 5 aromatic rings. The summed E-state index contributed by atoms with van der Waals surface area (Å²) in [6, 6.07) is 15.7. The Hall–Kier alpha value is -4.80. The van der Waals surface area contributed by atoms with E-state index in [9.17, 15) is 9.59 Å². The second-order valence-corrected chi connectivity index (χ2v) is 11.5. The minimum Gasteiger partial charge on any atom is -0.396 e. The smallest absolute Gasteiger partial charge is 0.396 e. The van der Waals surface area contributed by atoms with Crippen molar-refractivity contribution in [2.24, 2.45) is 10.6 Å². The van der Waals surface area contributed by atoms with E-state index in [4.69, 9.17) is 14.5 Å². The largest absolute Gasteiger partial charge is 0.439 e. The van der Waals surface area contributed by atoms with Gasteiger partial charge in [-0.3, -0.25) is 18.9 Å². The molecule has 5 rings (SSSR count). The summed E-state index contributed by atoms with van der Waals surface area (Å²) in [6.07, 6.45) is 1.96. The Morgan fingerprint density at radius 3 is 2.40 bits per heavy atom. The zero-order valence-corrected chi connectivity index (χ0v) is 25.5. The van der Waals surface area contributed by atoms with Crippen molar-refractivity contribution in [2.75, 3.05) is 6.61 Å². The van der Waals surface area contributed by atoms with Gasteiger partial charge in [0, 0.05) is 23.0 Å². The number of aryl methyl sites for hydroxylation is 2. The van der Waals surface area contributed by atoms with Crippen LogP contribution >= 0.6 is 0 Å². The van der Waals surface area contributed by atoms with Crippen LogP contribution in [0, 0.1) is 12.3 Å². The van der Waals surface area contributed by atoms with Gasteiger partial charge in [0.05, 0.1) is 18.0 Å². The monoisotopic (exact) mass is 583 g/mol. The van der Waals surface area contributed by atoms with E-state index < -0.39 is 5.76 Å².